The normalized spacial score (nSPS) is 17.8. The van der Waals surface area contributed by atoms with E-state index in [0.717, 1.165) is 21.9 Å². The first-order chi connectivity index (χ1) is 13.6. The van der Waals surface area contributed by atoms with Gasteiger partial charge in [-0.25, -0.2) is 9.37 Å². The third-order valence-electron chi connectivity index (χ3n) is 4.56. The van der Waals surface area contributed by atoms with Crippen molar-refractivity contribution in [2.45, 2.75) is 25.7 Å². The number of amides is 2. The maximum absolute atomic E-state index is 14.2. The summed E-state index contributed by atoms with van der Waals surface area (Å²) in [6.07, 6.45) is -3.15. The van der Waals surface area contributed by atoms with Crippen LogP contribution in [-0.4, -0.2) is 46.0 Å². The van der Waals surface area contributed by atoms with Gasteiger partial charge >= 0.3 is 6.18 Å². The molecule has 2 aromatic rings. The fourth-order valence-corrected chi connectivity index (χ4v) is 3.07. The molecule has 0 radical (unpaired) electrons. The lowest BCUT2D eigenvalue weighted by atomic mass is 10.1. The molecule has 154 valence electrons. The molecule has 1 aromatic carbocycles. The molecule has 0 aliphatic carbocycles. The number of piperazine rings is 1. The number of nitrogens with zero attached hydrogens (tertiary/aromatic N) is 3. The van der Waals surface area contributed by atoms with Crippen LogP contribution in [0.5, 0.6) is 0 Å². The first kappa shape index (κ1) is 20.7. The fraction of sp³-hybridized carbons (Fsp3) is 0.316. The molecule has 6 nitrogen and oxygen atoms in total. The molecule has 3 rings (SSSR count). The molecule has 0 bridgehead atoms. The van der Waals surface area contributed by atoms with E-state index in [0.29, 0.717) is 11.1 Å². The quantitative estimate of drug-likeness (QED) is 0.784. The third-order valence-corrected chi connectivity index (χ3v) is 4.56. The van der Waals surface area contributed by atoms with Crippen molar-refractivity contribution in [3.05, 3.63) is 59.0 Å². The Bertz CT molecular complexity index is 931. The van der Waals surface area contributed by atoms with Crippen molar-refractivity contribution >= 4 is 17.6 Å². The van der Waals surface area contributed by atoms with Crippen LogP contribution in [0.15, 0.2) is 36.5 Å². The maximum Gasteiger partial charge on any atom is 0.416 e. The summed E-state index contributed by atoms with van der Waals surface area (Å²) in [6, 6.07) is 4.00. The summed E-state index contributed by atoms with van der Waals surface area (Å²) in [7, 11) is 0. The number of aryl methyl sites for hydroxylation is 1. The molecule has 1 atom stereocenters. The molecule has 29 heavy (non-hydrogen) atoms. The lowest BCUT2D eigenvalue weighted by molar-refractivity contribution is -0.145. The van der Waals surface area contributed by atoms with E-state index >= 15 is 0 Å². The van der Waals surface area contributed by atoms with Gasteiger partial charge in [0.1, 0.15) is 12.6 Å². The van der Waals surface area contributed by atoms with Gasteiger partial charge in [0.05, 0.1) is 12.2 Å². The largest absolute Gasteiger partial charge is 0.416 e. The topological polar surface area (TPSA) is 73.7 Å². The molecule has 0 saturated carbocycles. The first-order valence-corrected chi connectivity index (χ1v) is 8.62. The molecule has 1 aromatic heterocycles. The Morgan fingerprint density at radius 3 is 2.41 bits per heavy atom. The van der Waals surface area contributed by atoms with Gasteiger partial charge in [0.2, 0.25) is 5.91 Å². The minimum absolute atomic E-state index is 0.175. The van der Waals surface area contributed by atoms with Crippen LogP contribution in [0.2, 0.25) is 0 Å². The van der Waals surface area contributed by atoms with E-state index < -0.39 is 48.6 Å². The Hall–Kier alpha value is -3.01. The molecule has 10 heteroatoms. The zero-order valence-electron chi connectivity index (χ0n) is 15.3. The fourth-order valence-electron chi connectivity index (χ4n) is 3.07. The number of anilines is 1. The highest BCUT2D eigenvalue weighted by Gasteiger charge is 2.41. The van der Waals surface area contributed by atoms with E-state index in [9.17, 15) is 32.3 Å². The Morgan fingerprint density at radius 1 is 1.21 bits per heavy atom. The molecule has 1 unspecified atom stereocenters. The highest BCUT2D eigenvalue weighted by atomic mass is 19.4. The number of halogens is 4. The Labute approximate surface area is 163 Å². The Kier molecular flexibility index (Phi) is 5.56. The summed E-state index contributed by atoms with van der Waals surface area (Å²) >= 11 is 0. The smallest absolute Gasteiger partial charge is 0.394 e. The molecule has 1 N–H and O–H groups in total. The number of hydrogen-bond donors (Lipinski definition) is 1. The van der Waals surface area contributed by atoms with Crippen LogP contribution in [0.3, 0.4) is 0 Å². The molecule has 1 saturated heterocycles. The SMILES string of the molecule is Cc1cnc(N2CC(=O)N(Cc3ccc(C(F)(F)F)cc3)C(CO)C2=O)c(F)c1. The predicted octanol–water partition coefficient (Wildman–Crippen LogP) is 2.28. The second kappa shape index (κ2) is 7.78. The lowest BCUT2D eigenvalue weighted by Gasteiger charge is -2.39. The number of benzene rings is 1. The van der Waals surface area contributed by atoms with Crippen molar-refractivity contribution in [1.82, 2.24) is 9.88 Å². The summed E-state index contributed by atoms with van der Waals surface area (Å²) in [5.41, 5.74) is 0.0449. The van der Waals surface area contributed by atoms with Gasteiger partial charge in [-0.1, -0.05) is 12.1 Å². The third kappa shape index (κ3) is 4.21. The second-order valence-corrected chi connectivity index (χ2v) is 6.66. The van der Waals surface area contributed by atoms with E-state index in [2.05, 4.69) is 4.98 Å². The summed E-state index contributed by atoms with van der Waals surface area (Å²) in [4.78, 5) is 31.1. The van der Waals surface area contributed by atoms with Crippen molar-refractivity contribution in [3.63, 3.8) is 0 Å². The van der Waals surface area contributed by atoms with Crippen LogP contribution in [0, 0.1) is 12.7 Å². The summed E-state index contributed by atoms with van der Waals surface area (Å²) < 4.78 is 52.3. The Morgan fingerprint density at radius 2 is 1.86 bits per heavy atom. The van der Waals surface area contributed by atoms with Gasteiger partial charge in [0.25, 0.3) is 5.91 Å². The van der Waals surface area contributed by atoms with Gasteiger partial charge in [0.15, 0.2) is 11.6 Å². The number of carbonyl (C=O) groups is 2. The van der Waals surface area contributed by atoms with E-state index in [-0.39, 0.29) is 12.4 Å². The molecule has 1 fully saturated rings. The highest BCUT2D eigenvalue weighted by Crippen LogP contribution is 2.30. The number of aliphatic hydroxyl groups is 1. The zero-order valence-corrected chi connectivity index (χ0v) is 15.3. The number of alkyl halides is 3. The van der Waals surface area contributed by atoms with E-state index in [1.54, 1.807) is 6.92 Å². The van der Waals surface area contributed by atoms with Crippen molar-refractivity contribution in [1.29, 1.82) is 0 Å². The zero-order chi connectivity index (χ0) is 21.3. The van der Waals surface area contributed by atoms with Crippen molar-refractivity contribution in [2.75, 3.05) is 18.1 Å². The van der Waals surface area contributed by atoms with Gasteiger partial charge < -0.3 is 10.0 Å². The summed E-state index contributed by atoms with van der Waals surface area (Å²) in [6.45, 7) is 0.217. The van der Waals surface area contributed by atoms with Gasteiger partial charge in [-0.05, 0) is 36.2 Å². The van der Waals surface area contributed by atoms with Crippen molar-refractivity contribution in [2.24, 2.45) is 0 Å². The number of hydrogen-bond acceptors (Lipinski definition) is 4. The number of pyridine rings is 1. The second-order valence-electron chi connectivity index (χ2n) is 6.66. The van der Waals surface area contributed by atoms with Gasteiger partial charge in [-0.3, -0.25) is 14.5 Å². The summed E-state index contributed by atoms with van der Waals surface area (Å²) in [5, 5.41) is 9.65. The van der Waals surface area contributed by atoms with Crippen LogP contribution in [0.25, 0.3) is 0 Å². The lowest BCUT2D eigenvalue weighted by Crippen LogP contribution is -2.61. The van der Waals surface area contributed by atoms with Crippen LogP contribution in [0.1, 0.15) is 16.7 Å². The van der Waals surface area contributed by atoms with E-state index in [1.807, 2.05) is 0 Å². The molecule has 1 aliphatic heterocycles. The number of rotatable bonds is 4. The van der Waals surface area contributed by atoms with E-state index in [1.165, 1.54) is 24.4 Å². The van der Waals surface area contributed by atoms with Crippen molar-refractivity contribution in [3.8, 4) is 0 Å². The van der Waals surface area contributed by atoms with Gasteiger partial charge in [-0.15, -0.1) is 0 Å². The van der Waals surface area contributed by atoms with Gasteiger partial charge in [0, 0.05) is 12.7 Å². The number of aliphatic hydroxyl groups excluding tert-OH is 1. The summed E-state index contributed by atoms with van der Waals surface area (Å²) in [5.74, 6) is -2.42. The molecule has 0 spiro atoms. The average Bonchev–Trinajstić information content (AvgIpc) is 2.65. The Balaban J connectivity index is 1.83. The average molecular weight is 411 g/mol. The molecule has 1 aliphatic rings. The molecular formula is C19H17F4N3O3. The van der Waals surface area contributed by atoms with E-state index in [4.69, 9.17) is 0 Å². The van der Waals surface area contributed by atoms with Crippen LogP contribution in [0.4, 0.5) is 23.4 Å². The van der Waals surface area contributed by atoms with Crippen LogP contribution < -0.4 is 4.90 Å². The molecule has 2 amide bonds. The highest BCUT2D eigenvalue weighted by molar-refractivity contribution is 6.06. The van der Waals surface area contributed by atoms with Gasteiger partial charge in [-0.2, -0.15) is 13.2 Å². The minimum atomic E-state index is -4.49. The maximum atomic E-state index is 14.2. The molecule has 2 heterocycles. The molecular weight excluding hydrogens is 394 g/mol. The number of carbonyl (C=O) groups excluding carboxylic acids is 2. The van der Waals surface area contributed by atoms with Crippen molar-refractivity contribution < 1.29 is 32.3 Å². The predicted molar refractivity (Wildman–Crippen MR) is 94.2 cm³/mol. The standard InChI is InChI=1S/C19H17F4N3O3/c1-11-6-14(20)17(24-7-11)26-9-16(28)25(15(10-27)18(26)29)8-12-2-4-13(5-3-12)19(21,22)23/h2-7,15,27H,8-10H2,1H3. The number of aromatic nitrogens is 1. The van der Waals surface area contributed by atoms with Crippen LogP contribution in [-0.2, 0) is 22.3 Å². The minimum Gasteiger partial charge on any atom is -0.394 e. The monoisotopic (exact) mass is 411 g/mol. The first-order valence-electron chi connectivity index (χ1n) is 8.62. The van der Waals surface area contributed by atoms with Crippen LogP contribution >= 0.6 is 0 Å².